The van der Waals surface area contributed by atoms with E-state index in [2.05, 4.69) is 29.2 Å². The number of carbonyl (C=O) groups is 2. The van der Waals surface area contributed by atoms with Gasteiger partial charge in [-0.3, -0.25) is 14.6 Å². The Morgan fingerprint density at radius 2 is 1.90 bits per heavy atom. The van der Waals surface area contributed by atoms with Crippen LogP contribution in [0.3, 0.4) is 0 Å². The van der Waals surface area contributed by atoms with Gasteiger partial charge in [0.15, 0.2) is 0 Å². The number of hydrogen-bond donors (Lipinski definition) is 0. The van der Waals surface area contributed by atoms with Crippen LogP contribution in [0.25, 0.3) is 0 Å². The molecule has 1 spiro atoms. The molecule has 4 rings (SSSR count). The van der Waals surface area contributed by atoms with Crippen molar-refractivity contribution >= 4 is 11.8 Å². The normalized spacial score (nSPS) is 18.4. The fraction of sp³-hybridized carbons (Fsp3) is 0.458. The van der Waals surface area contributed by atoms with E-state index in [4.69, 9.17) is 0 Å². The van der Waals surface area contributed by atoms with E-state index in [9.17, 15) is 9.59 Å². The number of pyridine rings is 1. The Morgan fingerprint density at radius 1 is 1.14 bits per heavy atom. The number of hydrogen-bond acceptors (Lipinski definition) is 3. The van der Waals surface area contributed by atoms with Crippen LogP contribution in [0, 0.1) is 12.3 Å². The van der Waals surface area contributed by atoms with Crippen molar-refractivity contribution in [2.24, 2.45) is 5.41 Å². The van der Waals surface area contributed by atoms with Crippen molar-refractivity contribution in [3.05, 3.63) is 65.5 Å². The van der Waals surface area contributed by atoms with Gasteiger partial charge in [0.1, 0.15) is 0 Å². The lowest BCUT2D eigenvalue weighted by Crippen LogP contribution is -2.44. The zero-order valence-electron chi connectivity index (χ0n) is 17.1. The molecule has 0 bridgehead atoms. The topological polar surface area (TPSA) is 53.5 Å². The summed E-state index contributed by atoms with van der Waals surface area (Å²) in [7, 11) is 0. The summed E-state index contributed by atoms with van der Waals surface area (Å²) in [4.78, 5) is 33.5. The number of aromatic nitrogens is 1. The van der Waals surface area contributed by atoms with E-state index in [0.717, 1.165) is 57.4 Å². The van der Waals surface area contributed by atoms with Crippen LogP contribution in [0.2, 0.25) is 0 Å². The lowest BCUT2D eigenvalue weighted by Gasteiger charge is -2.39. The van der Waals surface area contributed by atoms with Crippen LogP contribution >= 0.6 is 0 Å². The molecule has 5 nitrogen and oxygen atoms in total. The average molecular weight is 392 g/mol. The van der Waals surface area contributed by atoms with Crippen LogP contribution in [-0.2, 0) is 11.2 Å². The van der Waals surface area contributed by atoms with Gasteiger partial charge in [-0.25, -0.2) is 0 Å². The molecule has 0 N–H and O–H groups in total. The van der Waals surface area contributed by atoms with Crippen LogP contribution in [-0.4, -0.2) is 52.8 Å². The second-order valence-corrected chi connectivity index (χ2v) is 8.56. The molecule has 2 aromatic rings. The lowest BCUT2D eigenvalue weighted by atomic mass is 9.77. The third-order valence-corrected chi connectivity index (χ3v) is 6.52. The van der Waals surface area contributed by atoms with E-state index >= 15 is 0 Å². The molecule has 1 aromatic carbocycles. The molecule has 0 saturated carbocycles. The zero-order valence-corrected chi connectivity index (χ0v) is 17.1. The van der Waals surface area contributed by atoms with Crippen LogP contribution in [0.15, 0.2) is 48.8 Å². The minimum atomic E-state index is 0.0462. The highest BCUT2D eigenvalue weighted by Crippen LogP contribution is 2.41. The van der Waals surface area contributed by atoms with Gasteiger partial charge in [-0.2, -0.15) is 0 Å². The molecule has 0 aliphatic carbocycles. The first-order valence-corrected chi connectivity index (χ1v) is 10.6. The quantitative estimate of drug-likeness (QED) is 0.784. The third-order valence-electron chi connectivity index (χ3n) is 6.52. The molecule has 5 heteroatoms. The monoisotopic (exact) mass is 391 g/mol. The third kappa shape index (κ3) is 4.34. The van der Waals surface area contributed by atoms with Crippen molar-refractivity contribution in [1.82, 2.24) is 14.8 Å². The Hall–Kier alpha value is -2.69. The summed E-state index contributed by atoms with van der Waals surface area (Å²) in [6.45, 7) is 5.06. The van der Waals surface area contributed by atoms with Crippen LogP contribution in [0.5, 0.6) is 0 Å². The maximum Gasteiger partial charge on any atom is 0.255 e. The molecule has 0 atom stereocenters. The van der Waals surface area contributed by atoms with Gasteiger partial charge in [0.2, 0.25) is 5.91 Å². The van der Waals surface area contributed by atoms with E-state index in [-0.39, 0.29) is 17.2 Å². The molecule has 0 unspecified atom stereocenters. The van der Waals surface area contributed by atoms with E-state index in [1.165, 1.54) is 5.56 Å². The number of benzene rings is 1. The summed E-state index contributed by atoms with van der Waals surface area (Å²) in [6, 6.07) is 12.3. The molecule has 2 aliphatic heterocycles. The SMILES string of the molecule is Cc1ccncc1C(=O)N1CCC2(CC1)CC(=O)N(CCCc1ccccc1)C2. The number of aryl methyl sites for hydroxylation is 2. The number of nitrogens with zero attached hydrogens (tertiary/aromatic N) is 3. The van der Waals surface area contributed by atoms with Crippen LogP contribution in [0.1, 0.15) is 47.2 Å². The Bertz CT molecular complexity index is 873. The van der Waals surface area contributed by atoms with Gasteiger partial charge >= 0.3 is 0 Å². The van der Waals surface area contributed by atoms with E-state index in [0.29, 0.717) is 12.0 Å². The lowest BCUT2D eigenvalue weighted by molar-refractivity contribution is -0.127. The van der Waals surface area contributed by atoms with Gasteiger partial charge in [-0.1, -0.05) is 30.3 Å². The van der Waals surface area contributed by atoms with Crippen molar-refractivity contribution < 1.29 is 9.59 Å². The molecular formula is C24H29N3O2. The largest absolute Gasteiger partial charge is 0.342 e. The van der Waals surface area contributed by atoms with Crippen molar-refractivity contribution in [3.63, 3.8) is 0 Å². The molecule has 2 saturated heterocycles. The number of likely N-dealkylation sites (tertiary alicyclic amines) is 2. The molecule has 2 amide bonds. The second kappa shape index (κ2) is 8.36. The van der Waals surface area contributed by atoms with Crippen molar-refractivity contribution in [2.75, 3.05) is 26.2 Å². The molecule has 1 aromatic heterocycles. The fourth-order valence-corrected chi connectivity index (χ4v) is 4.68. The average Bonchev–Trinajstić information content (AvgIpc) is 3.04. The standard InChI is InChI=1S/C24H29N3O2/c1-19-9-12-25-17-21(19)23(29)26-14-10-24(11-15-26)16-22(28)27(18-24)13-5-8-20-6-3-2-4-7-20/h2-4,6-7,9,12,17H,5,8,10-11,13-16,18H2,1H3. The summed E-state index contributed by atoms with van der Waals surface area (Å²) in [5.41, 5.74) is 3.02. The number of carbonyl (C=O) groups excluding carboxylic acids is 2. The Kier molecular flexibility index (Phi) is 5.65. The van der Waals surface area contributed by atoms with Gasteiger partial charge in [0, 0.05) is 50.4 Å². The predicted molar refractivity (Wildman–Crippen MR) is 113 cm³/mol. The van der Waals surface area contributed by atoms with Gasteiger partial charge in [-0.15, -0.1) is 0 Å². The summed E-state index contributed by atoms with van der Waals surface area (Å²) >= 11 is 0. The summed E-state index contributed by atoms with van der Waals surface area (Å²) in [5.74, 6) is 0.343. The molecule has 29 heavy (non-hydrogen) atoms. The molecule has 3 heterocycles. The first-order chi connectivity index (χ1) is 14.1. The molecular weight excluding hydrogens is 362 g/mol. The van der Waals surface area contributed by atoms with Gasteiger partial charge in [0.05, 0.1) is 5.56 Å². The van der Waals surface area contributed by atoms with Crippen molar-refractivity contribution in [1.29, 1.82) is 0 Å². The highest BCUT2D eigenvalue weighted by molar-refractivity contribution is 5.95. The van der Waals surface area contributed by atoms with Crippen LogP contribution < -0.4 is 0 Å². The smallest absolute Gasteiger partial charge is 0.255 e. The van der Waals surface area contributed by atoms with Crippen molar-refractivity contribution in [3.8, 4) is 0 Å². The van der Waals surface area contributed by atoms with Gasteiger partial charge < -0.3 is 9.80 Å². The Morgan fingerprint density at radius 3 is 2.62 bits per heavy atom. The van der Waals surface area contributed by atoms with E-state index in [1.807, 2.05) is 28.9 Å². The minimum absolute atomic E-state index is 0.0462. The number of amides is 2. The summed E-state index contributed by atoms with van der Waals surface area (Å²) < 4.78 is 0. The van der Waals surface area contributed by atoms with Crippen molar-refractivity contribution in [2.45, 2.75) is 39.0 Å². The summed E-state index contributed by atoms with van der Waals surface area (Å²) in [6.07, 6.45) is 7.81. The minimum Gasteiger partial charge on any atom is -0.342 e. The number of piperidine rings is 1. The predicted octanol–water partition coefficient (Wildman–Crippen LogP) is 3.48. The number of rotatable bonds is 5. The molecule has 2 aliphatic rings. The Labute approximate surface area is 172 Å². The van der Waals surface area contributed by atoms with Crippen LogP contribution in [0.4, 0.5) is 0 Å². The van der Waals surface area contributed by atoms with Gasteiger partial charge in [-0.05, 0) is 49.8 Å². The first-order valence-electron chi connectivity index (χ1n) is 10.6. The molecule has 2 fully saturated rings. The zero-order chi connectivity index (χ0) is 20.3. The molecule has 152 valence electrons. The van der Waals surface area contributed by atoms with Gasteiger partial charge in [0.25, 0.3) is 5.91 Å². The highest BCUT2D eigenvalue weighted by atomic mass is 16.2. The first kappa shape index (κ1) is 19.6. The maximum absolute atomic E-state index is 12.8. The Balaban J connectivity index is 1.30. The molecule has 0 radical (unpaired) electrons. The van der Waals surface area contributed by atoms with E-state index in [1.54, 1.807) is 12.4 Å². The maximum atomic E-state index is 12.8. The second-order valence-electron chi connectivity index (χ2n) is 8.56. The fourth-order valence-electron chi connectivity index (χ4n) is 4.68. The summed E-state index contributed by atoms with van der Waals surface area (Å²) in [5, 5.41) is 0. The highest BCUT2D eigenvalue weighted by Gasteiger charge is 2.45. The van der Waals surface area contributed by atoms with E-state index < -0.39 is 0 Å².